The van der Waals surface area contributed by atoms with Crippen molar-refractivity contribution >= 4 is 11.0 Å². The van der Waals surface area contributed by atoms with Crippen molar-refractivity contribution in [2.24, 2.45) is 0 Å². The Morgan fingerprint density at radius 2 is 1.52 bits per heavy atom. The predicted octanol–water partition coefficient (Wildman–Crippen LogP) is 5.30. The molecule has 0 spiro atoms. The number of aromatic hydroxyl groups is 1. The number of hydrogen-bond acceptors (Lipinski definition) is 3. The van der Waals surface area contributed by atoms with Crippen molar-refractivity contribution in [1.29, 1.82) is 0 Å². The van der Waals surface area contributed by atoms with Gasteiger partial charge in [-0.2, -0.15) is 0 Å². The Bertz CT molecular complexity index is 1090. The van der Waals surface area contributed by atoms with Crippen LogP contribution >= 0.6 is 0 Å². The highest BCUT2D eigenvalue weighted by molar-refractivity contribution is 5.83. The number of ether oxygens (including phenoxy) is 1. The number of aromatic nitrogens is 2. The van der Waals surface area contributed by atoms with Crippen LogP contribution in [0.15, 0.2) is 72.8 Å². The number of phenols is 1. The maximum atomic E-state index is 12.4. The van der Waals surface area contributed by atoms with Crippen LogP contribution in [0.4, 0.5) is 13.2 Å². The second-order valence-corrected chi connectivity index (χ2v) is 5.85. The molecule has 1 N–H and O–H groups in total. The van der Waals surface area contributed by atoms with Crippen LogP contribution in [0.2, 0.25) is 0 Å². The molecule has 4 rings (SSSR count). The molecule has 0 aliphatic carbocycles. The molecule has 0 atom stereocenters. The first kappa shape index (κ1) is 17.0. The number of rotatable bonds is 3. The first-order chi connectivity index (χ1) is 12.9. The zero-order valence-electron chi connectivity index (χ0n) is 13.8. The minimum absolute atomic E-state index is 0.137. The van der Waals surface area contributed by atoms with Gasteiger partial charge in [0.05, 0.1) is 11.0 Å². The van der Waals surface area contributed by atoms with E-state index >= 15 is 0 Å². The van der Waals surface area contributed by atoms with E-state index in [0.717, 1.165) is 16.7 Å². The molecule has 3 aromatic carbocycles. The molecule has 0 aliphatic rings. The SMILES string of the molecule is Oc1ccc(-n2c(-c3ccc(OC(F)(F)F)cc3)nc3ccccc32)cc1. The maximum absolute atomic E-state index is 12.4. The molecule has 0 saturated heterocycles. The zero-order chi connectivity index (χ0) is 19.0. The van der Waals surface area contributed by atoms with Crippen LogP contribution in [0.5, 0.6) is 11.5 Å². The number of hydrogen-bond donors (Lipinski definition) is 1. The third-order valence-electron chi connectivity index (χ3n) is 4.01. The lowest BCUT2D eigenvalue weighted by Crippen LogP contribution is -2.16. The van der Waals surface area contributed by atoms with E-state index in [1.54, 1.807) is 24.3 Å². The van der Waals surface area contributed by atoms with Gasteiger partial charge in [0.2, 0.25) is 0 Å². The summed E-state index contributed by atoms with van der Waals surface area (Å²) in [5, 5.41) is 9.55. The minimum atomic E-state index is -4.74. The molecule has 4 nitrogen and oxygen atoms in total. The van der Waals surface area contributed by atoms with E-state index in [1.165, 1.54) is 24.3 Å². The summed E-state index contributed by atoms with van der Waals surface area (Å²) in [6.07, 6.45) is -4.74. The second-order valence-electron chi connectivity index (χ2n) is 5.85. The largest absolute Gasteiger partial charge is 0.573 e. The van der Waals surface area contributed by atoms with Crippen molar-refractivity contribution in [2.45, 2.75) is 6.36 Å². The Morgan fingerprint density at radius 1 is 0.852 bits per heavy atom. The summed E-state index contributed by atoms with van der Waals surface area (Å²) < 4.78 is 42.9. The molecular formula is C20H13F3N2O2. The van der Waals surface area contributed by atoms with Gasteiger partial charge in [0.25, 0.3) is 0 Å². The van der Waals surface area contributed by atoms with E-state index in [2.05, 4.69) is 9.72 Å². The molecule has 4 aromatic rings. The molecule has 1 heterocycles. The Morgan fingerprint density at radius 3 is 2.19 bits per heavy atom. The monoisotopic (exact) mass is 370 g/mol. The fourth-order valence-electron chi connectivity index (χ4n) is 2.89. The quantitative estimate of drug-likeness (QED) is 0.533. The summed E-state index contributed by atoms with van der Waals surface area (Å²) in [5.74, 6) is 0.414. The van der Waals surface area contributed by atoms with Crippen molar-refractivity contribution in [3.63, 3.8) is 0 Å². The first-order valence-corrected chi connectivity index (χ1v) is 8.04. The maximum Gasteiger partial charge on any atom is 0.573 e. The standard InChI is InChI=1S/C20H13F3N2O2/c21-20(22,23)27-16-11-5-13(6-12-16)19-24-17-3-1-2-4-18(17)25(19)14-7-9-15(26)10-8-14/h1-12,26H. The van der Waals surface area contributed by atoms with Crippen LogP contribution in [-0.2, 0) is 0 Å². The highest BCUT2D eigenvalue weighted by Gasteiger charge is 2.31. The van der Waals surface area contributed by atoms with Crippen LogP contribution in [0.25, 0.3) is 28.1 Å². The van der Waals surface area contributed by atoms with Gasteiger partial charge >= 0.3 is 6.36 Å². The van der Waals surface area contributed by atoms with Gasteiger partial charge in [-0.1, -0.05) is 12.1 Å². The normalized spacial score (nSPS) is 11.7. The lowest BCUT2D eigenvalue weighted by molar-refractivity contribution is -0.274. The molecule has 136 valence electrons. The highest BCUT2D eigenvalue weighted by atomic mass is 19.4. The van der Waals surface area contributed by atoms with Gasteiger partial charge in [0.1, 0.15) is 17.3 Å². The molecular weight excluding hydrogens is 357 g/mol. The fraction of sp³-hybridized carbons (Fsp3) is 0.0500. The molecule has 0 unspecified atom stereocenters. The third-order valence-corrected chi connectivity index (χ3v) is 4.01. The second kappa shape index (κ2) is 6.35. The molecule has 27 heavy (non-hydrogen) atoms. The van der Waals surface area contributed by atoms with Gasteiger partial charge < -0.3 is 9.84 Å². The number of phenolic OH excluding ortho intramolecular Hbond substituents is 1. The van der Waals surface area contributed by atoms with E-state index < -0.39 is 6.36 Å². The Hall–Kier alpha value is -3.48. The van der Waals surface area contributed by atoms with Gasteiger partial charge in [0, 0.05) is 11.3 Å². The number of fused-ring (bicyclic) bond motifs is 1. The Kier molecular flexibility index (Phi) is 3.99. The van der Waals surface area contributed by atoms with Gasteiger partial charge in [-0.25, -0.2) is 4.98 Å². The topological polar surface area (TPSA) is 47.3 Å². The molecule has 0 aliphatic heterocycles. The summed E-state index contributed by atoms with van der Waals surface area (Å²) in [6, 6.07) is 19.7. The van der Waals surface area contributed by atoms with Crippen molar-refractivity contribution in [2.75, 3.05) is 0 Å². The smallest absolute Gasteiger partial charge is 0.508 e. The number of benzene rings is 3. The fourth-order valence-corrected chi connectivity index (χ4v) is 2.89. The molecule has 0 bridgehead atoms. The van der Waals surface area contributed by atoms with Gasteiger partial charge in [-0.3, -0.25) is 4.57 Å². The molecule has 0 saturated carbocycles. The zero-order valence-corrected chi connectivity index (χ0v) is 13.8. The summed E-state index contributed by atoms with van der Waals surface area (Å²) in [6.45, 7) is 0. The lowest BCUT2D eigenvalue weighted by Gasteiger charge is -2.11. The van der Waals surface area contributed by atoms with Crippen LogP contribution < -0.4 is 4.74 Å². The number of imidazole rings is 1. The average molecular weight is 370 g/mol. The van der Waals surface area contributed by atoms with Crippen molar-refractivity contribution < 1.29 is 23.0 Å². The molecule has 0 fully saturated rings. The van der Waals surface area contributed by atoms with E-state index in [9.17, 15) is 18.3 Å². The van der Waals surface area contributed by atoms with E-state index in [0.29, 0.717) is 11.4 Å². The summed E-state index contributed by atoms with van der Waals surface area (Å²) in [7, 11) is 0. The van der Waals surface area contributed by atoms with Crippen LogP contribution in [0.1, 0.15) is 0 Å². The van der Waals surface area contributed by atoms with Gasteiger partial charge in [-0.05, 0) is 60.7 Å². The molecule has 0 amide bonds. The van der Waals surface area contributed by atoms with Crippen LogP contribution in [-0.4, -0.2) is 21.0 Å². The lowest BCUT2D eigenvalue weighted by atomic mass is 10.2. The van der Waals surface area contributed by atoms with Crippen molar-refractivity contribution in [3.8, 4) is 28.6 Å². The van der Waals surface area contributed by atoms with E-state index in [4.69, 9.17) is 0 Å². The number of alkyl halides is 3. The van der Waals surface area contributed by atoms with Gasteiger partial charge in [-0.15, -0.1) is 13.2 Å². The first-order valence-electron chi connectivity index (χ1n) is 8.04. The van der Waals surface area contributed by atoms with Crippen LogP contribution in [0.3, 0.4) is 0 Å². The number of para-hydroxylation sites is 2. The summed E-state index contributed by atoms with van der Waals surface area (Å²) in [5.41, 5.74) is 2.99. The van der Waals surface area contributed by atoms with E-state index in [-0.39, 0.29) is 11.5 Å². The minimum Gasteiger partial charge on any atom is -0.508 e. The highest BCUT2D eigenvalue weighted by Crippen LogP contribution is 2.31. The Labute approximate surface area is 152 Å². The number of nitrogens with zero attached hydrogens (tertiary/aromatic N) is 2. The van der Waals surface area contributed by atoms with Crippen LogP contribution in [0, 0.1) is 0 Å². The van der Waals surface area contributed by atoms with E-state index in [1.807, 2.05) is 28.8 Å². The average Bonchev–Trinajstić information content (AvgIpc) is 3.01. The molecule has 1 aromatic heterocycles. The number of halogens is 3. The summed E-state index contributed by atoms with van der Waals surface area (Å²) in [4.78, 5) is 4.62. The predicted molar refractivity (Wildman–Crippen MR) is 94.9 cm³/mol. The molecule has 0 radical (unpaired) electrons. The third kappa shape index (κ3) is 3.44. The van der Waals surface area contributed by atoms with Crippen molar-refractivity contribution in [1.82, 2.24) is 9.55 Å². The summed E-state index contributed by atoms with van der Waals surface area (Å²) >= 11 is 0. The van der Waals surface area contributed by atoms with Crippen molar-refractivity contribution in [3.05, 3.63) is 72.8 Å². The van der Waals surface area contributed by atoms with Gasteiger partial charge in [0.15, 0.2) is 0 Å². The Balaban J connectivity index is 1.84. The molecule has 7 heteroatoms.